The molecule has 0 aliphatic heterocycles. The van der Waals surface area contributed by atoms with Crippen molar-refractivity contribution >= 4 is 6.47 Å². The van der Waals surface area contributed by atoms with E-state index in [1.54, 1.807) is 26.4 Å². The molecule has 0 aromatic carbocycles. The van der Waals surface area contributed by atoms with Gasteiger partial charge >= 0.3 is 0 Å². The second-order valence-corrected chi connectivity index (χ2v) is 2.69. The molecule has 60 valence electrons. The molecule has 0 saturated carbocycles. The molecule has 0 bridgehead atoms. The van der Waals surface area contributed by atoms with E-state index < -0.39 is 5.60 Å². The van der Waals surface area contributed by atoms with Crippen molar-refractivity contribution in [2.45, 2.75) is 19.4 Å². The number of aromatic amines is 1. The molecule has 0 unspecified atom stereocenters. The smallest absolute Gasteiger partial charge is 0.294 e. The zero-order chi connectivity index (χ0) is 8.32. The lowest BCUT2D eigenvalue weighted by Crippen LogP contribution is -2.21. The van der Waals surface area contributed by atoms with E-state index in [1.165, 1.54) is 0 Å². The van der Waals surface area contributed by atoms with Gasteiger partial charge in [-0.2, -0.15) is 0 Å². The van der Waals surface area contributed by atoms with Crippen LogP contribution >= 0.6 is 0 Å². The lowest BCUT2D eigenvalue weighted by Gasteiger charge is -2.19. The van der Waals surface area contributed by atoms with Gasteiger partial charge in [0.15, 0.2) is 0 Å². The van der Waals surface area contributed by atoms with Crippen molar-refractivity contribution in [1.82, 2.24) is 9.97 Å². The summed E-state index contributed by atoms with van der Waals surface area (Å²) in [5.74, 6) is 0. The number of ether oxygens (including phenoxy) is 1. The fraction of sp³-hybridized carbons (Fsp3) is 0.429. The van der Waals surface area contributed by atoms with Crippen molar-refractivity contribution < 1.29 is 9.53 Å². The number of carbonyl (C=O) groups excluding carboxylic acids is 1. The summed E-state index contributed by atoms with van der Waals surface area (Å²) in [6.07, 6.45) is 3.18. The van der Waals surface area contributed by atoms with Crippen LogP contribution in [0.4, 0.5) is 0 Å². The zero-order valence-electron chi connectivity index (χ0n) is 6.50. The SMILES string of the molecule is CC(C)(OC=O)c1cnc[nH]1. The molecule has 4 heteroatoms. The van der Waals surface area contributed by atoms with Crippen LogP contribution in [0.25, 0.3) is 0 Å². The summed E-state index contributed by atoms with van der Waals surface area (Å²) in [6, 6.07) is 0. The van der Waals surface area contributed by atoms with Crippen LogP contribution in [-0.4, -0.2) is 16.4 Å². The number of imidazole rings is 1. The molecular weight excluding hydrogens is 144 g/mol. The molecule has 0 aliphatic rings. The number of rotatable bonds is 3. The Morgan fingerprint density at radius 3 is 2.91 bits per heavy atom. The molecule has 1 rings (SSSR count). The van der Waals surface area contributed by atoms with E-state index in [1.807, 2.05) is 0 Å². The van der Waals surface area contributed by atoms with Gasteiger partial charge in [-0.25, -0.2) is 4.98 Å². The van der Waals surface area contributed by atoms with Gasteiger partial charge in [-0.15, -0.1) is 0 Å². The Bertz CT molecular complexity index is 229. The van der Waals surface area contributed by atoms with Crippen molar-refractivity contribution in [3.8, 4) is 0 Å². The first-order chi connectivity index (χ1) is 5.17. The molecular formula is C7H10N2O2. The number of nitrogens with zero attached hydrogens (tertiary/aromatic N) is 1. The van der Waals surface area contributed by atoms with Gasteiger partial charge in [0.25, 0.3) is 6.47 Å². The molecule has 0 atom stereocenters. The number of aromatic nitrogens is 2. The van der Waals surface area contributed by atoms with E-state index in [4.69, 9.17) is 4.74 Å². The Morgan fingerprint density at radius 2 is 2.45 bits per heavy atom. The average Bonchev–Trinajstić information content (AvgIpc) is 2.37. The zero-order valence-corrected chi connectivity index (χ0v) is 6.50. The third-order valence-corrected chi connectivity index (χ3v) is 1.49. The van der Waals surface area contributed by atoms with Gasteiger partial charge in [0.2, 0.25) is 0 Å². The highest BCUT2D eigenvalue weighted by Gasteiger charge is 2.22. The summed E-state index contributed by atoms with van der Waals surface area (Å²) < 4.78 is 4.82. The molecule has 0 fully saturated rings. The first-order valence-corrected chi connectivity index (χ1v) is 3.27. The van der Waals surface area contributed by atoms with Crippen LogP contribution in [0, 0.1) is 0 Å². The van der Waals surface area contributed by atoms with Gasteiger partial charge in [-0.1, -0.05) is 0 Å². The predicted molar refractivity (Wildman–Crippen MR) is 38.8 cm³/mol. The van der Waals surface area contributed by atoms with Crippen molar-refractivity contribution in [2.75, 3.05) is 0 Å². The molecule has 0 amide bonds. The van der Waals surface area contributed by atoms with Gasteiger partial charge in [0, 0.05) is 0 Å². The fourth-order valence-corrected chi connectivity index (χ4v) is 0.769. The Morgan fingerprint density at radius 1 is 1.73 bits per heavy atom. The third-order valence-electron chi connectivity index (χ3n) is 1.49. The summed E-state index contributed by atoms with van der Waals surface area (Å²) in [5.41, 5.74) is 0.169. The minimum Gasteiger partial charge on any atom is -0.455 e. The van der Waals surface area contributed by atoms with Gasteiger partial charge in [0.05, 0.1) is 18.2 Å². The van der Waals surface area contributed by atoms with Gasteiger partial charge in [-0.3, -0.25) is 4.79 Å². The molecule has 0 spiro atoms. The van der Waals surface area contributed by atoms with Crippen LogP contribution in [0.1, 0.15) is 19.5 Å². The number of carbonyl (C=O) groups is 1. The standard InChI is InChI=1S/C7H10N2O2/c1-7(2,11-5-10)6-3-8-4-9-6/h3-5H,1-2H3,(H,8,9). The molecule has 1 aromatic heterocycles. The largest absolute Gasteiger partial charge is 0.455 e. The normalized spacial score (nSPS) is 11.1. The van der Waals surface area contributed by atoms with Crippen LogP contribution < -0.4 is 0 Å². The fourth-order valence-electron chi connectivity index (χ4n) is 0.769. The predicted octanol–water partition coefficient (Wildman–Crippen LogP) is 0.818. The molecule has 0 radical (unpaired) electrons. The van der Waals surface area contributed by atoms with E-state index in [-0.39, 0.29) is 0 Å². The average molecular weight is 154 g/mol. The van der Waals surface area contributed by atoms with Crippen molar-refractivity contribution in [3.05, 3.63) is 18.2 Å². The maximum Gasteiger partial charge on any atom is 0.294 e. The Kier molecular flexibility index (Phi) is 1.94. The van der Waals surface area contributed by atoms with Crippen LogP contribution in [0.3, 0.4) is 0 Å². The number of H-pyrrole nitrogens is 1. The molecule has 1 N–H and O–H groups in total. The lowest BCUT2D eigenvalue weighted by atomic mass is 10.1. The highest BCUT2D eigenvalue weighted by Crippen LogP contribution is 2.20. The summed E-state index contributed by atoms with van der Waals surface area (Å²) in [5, 5.41) is 0. The third kappa shape index (κ3) is 1.58. The maximum atomic E-state index is 10.1. The minimum atomic E-state index is -0.613. The van der Waals surface area contributed by atoms with E-state index in [0.29, 0.717) is 6.47 Å². The monoisotopic (exact) mass is 154 g/mol. The van der Waals surface area contributed by atoms with Crippen LogP contribution in [0.5, 0.6) is 0 Å². The summed E-state index contributed by atoms with van der Waals surface area (Å²) in [6.45, 7) is 4.00. The van der Waals surface area contributed by atoms with Crippen molar-refractivity contribution in [1.29, 1.82) is 0 Å². The van der Waals surface area contributed by atoms with E-state index >= 15 is 0 Å². The molecule has 0 aliphatic carbocycles. The summed E-state index contributed by atoms with van der Waals surface area (Å²) in [7, 11) is 0. The van der Waals surface area contributed by atoms with Crippen molar-refractivity contribution in [2.24, 2.45) is 0 Å². The molecule has 0 saturated heterocycles. The summed E-state index contributed by atoms with van der Waals surface area (Å²) in [4.78, 5) is 16.7. The second-order valence-electron chi connectivity index (χ2n) is 2.69. The van der Waals surface area contributed by atoms with Crippen molar-refractivity contribution in [3.63, 3.8) is 0 Å². The first-order valence-electron chi connectivity index (χ1n) is 3.27. The second kappa shape index (κ2) is 2.74. The first kappa shape index (κ1) is 7.78. The summed E-state index contributed by atoms with van der Waals surface area (Å²) >= 11 is 0. The highest BCUT2D eigenvalue weighted by molar-refractivity contribution is 5.38. The van der Waals surface area contributed by atoms with Crippen LogP contribution in [-0.2, 0) is 15.1 Å². The van der Waals surface area contributed by atoms with Gasteiger partial charge in [0.1, 0.15) is 5.60 Å². The van der Waals surface area contributed by atoms with Crippen LogP contribution in [0.15, 0.2) is 12.5 Å². The van der Waals surface area contributed by atoms with E-state index in [0.717, 1.165) is 5.69 Å². The molecule has 1 heterocycles. The number of hydrogen-bond donors (Lipinski definition) is 1. The van der Waals surface area contributed by atoms with E-state index in [9.17, 15) is 4.79 Å². The Hall–Kier alpha value is -1.32. The van der Waals surface area contributed by atoms with E-state index in [2.05, 4.69) is 9.97 Å². The van der Waals surface area contributed by atoms with Gasteiger partial charge in [-0.05, 0) is 13.8 Å². The molecule has 4 nitrogen and oxygen atoms in total. The topological polar surface area (TPSA) is 55.0 Å². The molecule has 11 heavy (non-hydrogen) atoms. The van der Waals surface area contributed by atoms with Crippen LogP contribution in [0.2, 0.25) is 0 Å². The quantitative estimate of drug-likeness (QED) is 0.655. The van der Waals surface area contributed by atoms with Gasteiger partial charge < -0.3 is 9.72 Å². The lowest BCUT2D eigenvalue weighted by molar-refractivity contribution is -0.141. The highest BCUT2D eigenvalue weighted by atomic mass is 16.5. The number of nitrogens with one attached hydrogen (secondary N) is 1. The Balaban J connectivity index is 2.81. The minimum absolute atomic E-state index is 0.431. The Labute approximate surface area is 64.6 Å². The molecule has 1 aromatic rings. The number of hydrogen-bond acceptors (Lipinski definition) is 3. The maximum absolute atomic E-state index is 10.1.